The third kappa shape index (κ3) is 5.65. The highest BCUT2D eigenvalue weighted by Crippen LogP contribution is 2.39. The molecule has 0 spiro atoms. The van der Waals surface area contributed by atoms with Crippen LogP contribution in [0.4, 0.5) is 17.6 Å². The molecule has 0 radical (unpaired) electrons. The highest BCUT2D eigenvalue weighted by molar-refractivity contribution is 5.65. The molecule has 1 saturated carbocycles. The van der Waals surface area contributed by atoms with Crippen molar-refractivity contribution in [3.8, 4) is 11.1 Å². The third-order valence-corrected chi connectivity index (χ3v) is 6.22. The molecule has 0 bridgehead atoms. The van der Waals surface area contributed by atoms with Crippen molar-refractivity contribution in [1.82, 2.24) is 0 Å². The van der Waals surface area contributed by atoms with Gasteiger partial charge in [0.05, 0.1) is 7.11 Å². The minimum absolute atomic E-state index is 0.0847. The number of ether oxygens (including phenoxy) is 1. The van der Waals surface area contributed by atoms with Crippen molar-refractivity contribution < 1.29 is 22.3 Å². The van der Waals surface area contributed by atoms with Gasteiger partial charge in [0.1, 0.15) is 5.76 Å². The second-order valence-corrected chi connectivity index (χ2v) is 8.45. The van der Waals surface area contributed by atoms with E-state index in [1.54, 1.807) is 30.3 Å². The van der Waals surface area contributed by atoms with Gasteiger partial charge in [-0.1, -0.05) is 67.3 Å². The van der Waals surface area contributed by atoms with Gasteiger partial charge in [-0.15, -0.1) is 0 Å². The van der Waals surface area contributed by atoms with E-state index in [-0.39, 0.29) is 23.0 Å². The Bertz CT molecular complexity index is 1090. The first-order valence-corrected chi connectivity index (χ1v) is 10.9. The van der Waals surface area contributed by atoms with Crippen LogP contribution in [-0.4, -0.2) is 7.11 Å². The predicted octanol–water partition coefficient (Wildman–Crippen LogP) is 8.64. The van der Waals surface area contributed by atoms with Crippen LogP contribution in [0.1, 0.15) is 42.7 Å². The van der Waals surface area contributed by atoms with Gasteiger partial charge in [0.2, 0.25) is 5.83 Å². The maximum Gasteiger partial charge on any atom is 0.200 e. The van der Waals surface area contributed by atoms with Crippen molar-refractivity contribution in [3.63, 3.8) is 0 Å². The second kappa shape index (κ2) is 10.7. The molecule has 3 rings (SSSR count). The van der Waals surface area contributed by atoms with Gasteiger partial charge in [-0.2, -0.15) is 4.39 Å². The number of benzene rings is 2. The monoisotopic (exact) mass is 456 g/mol. The molecular weight excluding hydrogens is 428 g/mol. The fourth-order valence-corrected chi connectivity index (χ4v) is 4.14. The SMILES string of the molecule is C=C(/C=C/C1CCC(c2ccc(-c3ccc(C)cc3)c(F)c2F)CC1)/C(F)=C(/F)C(=C)OC. The summed E-state index contributed by atoms with van der Waals surface area (Å²) in [6.45, 7) is 8.78. The molecule has 0 atom stereocenters. The molecule has 1 aliphatic rings. The number of methoxy groups -OCH3 is 1. The average Bonchev–Trinajstić information content (AvgIpc) is 2.83. The average molecular weight is 457 g/mol. The molecule has 1 aliphatic carbocycles. The van der Waals surface area contributed by atoms with Gasteiger partial charge in [0, 0.05) is 11.1 Å². The second-order valence-electron chi connectivity index (χ2n) is 8.45. The number of allylic oxidation sites excluding steroid dienone is 5. The van der Waals surface area contributed by atoms with E-state index >= 15 is 0 Å². The van der Waals surface area contributed by atoms with Crippen LogP contribution >= 0.6 is 0 Å². The first kappa shape index (κ1) is 24.6. The van der Waals surface area contributed by atoms with Crippen molar-refractivity contribution >= 4 is 0 Å². The standard InChI is InChI=1S/C28H28F4O/c1-17-5-11-21(12-6-17)23-15-16-24(28(32)27(23)31)22-13-9-20(10-14-22)8-7-18(2)25(29)26(30)19(3)33-4/h5-8,11-12,15-16,20,22H,2-3,9-10,13-14H2,1,4H3/b8-7+,26-25-. The number of hydrogen-bond acceptors (Lipinski definition) is 1. The molecule has 0 heterocycles. The van der Waals surface area contributed by atoms with Crippen LogP contribution in [0.15, 0.2) is 84.7 Å². The van der Waals surface area contributed by atoms with Crippen molar-refractivity contribution in [3.05, 3.63) is 107 Å². The topological polar surface area (TPSA) is 9.23 Å². The lowest BCUT2D eigenvalue weighted by Crippen LogP contribution is -2.13. The lowest BCUT2D eigenvalue weighted by molar-refractivity contribution is 0.281. The summed E-state index contributed by atoms with van der Waals surface area (Å²) in [5, 5.41) is 0. The van der Waals surface area contributed by atoms with Crippen molar-refractivity contribution in [2.45, 2.75) is 38.5 Å². The van der Waals surface area contributed by atoms with E-state index in [2.05, 4.69) is 17.9 Å². The molecule has 0 aromatic heterocycles. The maximum absolute atomic E-state index is 14.9. The number of halogens is 4. The molecule has 33 heavy (non-hydrogen) atoms. The van der Waals surface area contributed by atoms with Crippen LogP contribution in [0.3, 0.4) is 0 Å². The summed E-state index contributed by atoms with van der Waals surface area (Å²) in [5.41, 5.74) is 2.24. The number of rotatable bonds is 7. The first-order valence-electron chi connectivity index (χ1n) is 10.9. The zero-order valence-electron chi connectivity index (χ0n) is 18.9. The zero-order valence-corrected chi connectivity index (χ0v) is 18.9. The predicted molar refractivity (Wildman–Crippen MR) is 125 cm³/mol. The largest absolute Gasteiger partial charge is 0.494 e. The molecule has 5 heteroatoms. The van der Waals surface area contributed by atoms with E-state index in [9.17, 15) is 17.6 Å². The Hall–Kier alpha value is -3.08. The third-order valence-electron chi connectivity index (χ3n) is 6.22. The molecule has 0 N–H and O–H groups in total. The maximum atomic E-state index is 14.9. The van der Waals surface area contributed by atoms with E-state index in [1.807, 2.05) is 19.1 Å². The Kier molecular flexibility index (Phi) is 7.96. The van der Waals surface area contributed by atoms with Crippen LogP contribution in [0.2, 0.25) is 0 Å². The van der Waals surface area contributed by atoms with E-state index in [0.29, 0.717) is 24.0 Å². The highest BCUT2D eigenvalue weighted by atomic mass is 19.2. The van der Waals surface area contributed by atoms with E-state index in [4.69, 9.17) is 0 Å². The molecule has 0 saturated heterocycles. The lowest BCUT2D eigenvalue weighted by Gasteiger charge is -2.27. The molecular formula is C28H28F4O. The number of aryl methyl sites for hydroxylation is 1. The lowest BCUT2D eigenvalue weighted by atomic mass is 9.78. The van der Waals surface area contributed by atoms with E-state index in [1.165, 1.54) is 13.2 Å². The normalized spacial score (nSPS) is 19.3. The highest BCUT2D eigenvalue weighted by Gasteiger charge is 2.26. The first-order chi connectivity index (χ1) is 15.7. The van der Waals surface area contributed by atoms with Crippen LogP contribution in [0.25, 0.3) is 11.1 Å². The van der Waals surface area contributed by atoms with Gasteiger partial charge in [-0.05, 0) is 55.6 Å². The fourth-order valence-electron chi connectivity index (χ4n) is 4.14. The minimum atomic E-state index is -1.18. The molecule has 0 unspecified atom stereocenters. The van der Waals surface area contributed by atoms with E-state index < -0.39 is 29.0 Å². The molecule has 174 valence electrons. The summed E-state index contributed by atoms with van der Waals surface area (Å²) in [6, 6.07) is 10.6. The Morgan fingerprint density at radius 1 is 0.909 bits per heavy atom. The van der Waals surface area contributed by atoms with E-state index in [0.717, 1.165) is 18.4 Å². The van der Waals surface area contributed by atoms with Gasteiger partial charge in [-0.3, -0.25) is 0 Å². The summed E-state index contributed by atoms with van der Waals surface area (Å²) >= 11 is 0. The Labute approximate surface area is 192 Å². The summed E-state index contributed by atoms with van der Waals surface area (Å²) in [5.74, 6) is -4.26. The summed E-state index contributed by atoms with van der Waals surface area (Å²) in [4.78, 5) is 0. The Morgan fingerprint density at radius 2 is 1.55 bits per heavy atom. The van der Waals surface area contributed by atoms with Crippen LogP contribution in [0, 0.1) is 24.5 Å². The molecule has 1 nitrogen and oxygen atoms in total. The molecule has 0 aliphatic heterocycles. The zero-order chi connectivity index (χ0) is 24.1. The number of hydrogen-bond donors (Lipinski definition) is 0. The molecule has 2 aromatic carbocycles. The fraction of sp³-hybridized carbons (Fsp3) is 0.286. The summed E-state index contributed by atoms with van der Waals surface area (Å²) in [7, 11) is 1.21. The van der Waals surface area contributed by atoms with Crippen molar-refractivity contribution in [2.75, 3.05) is 7.11 Å². The van der Waals surface area contributed by atoms with Gasteiger partial charge >= 0.3 is 0 Å². The van der Waals surface area contributed by atoms with Crippen molar-refractivity contribution in [2.24, 2.45) is 5.92 Å². The van der Waals surface area contributed by atoms with Gasteiger partial charge in [0.25, 0.3) is 0 Å². The van der Waals surface area contributed by atoms with Gasteiger partial charge in [-0.25, -0.2) is 13.2 Å². The van der Waals surface area contributed by atoms with Crippen LogP contribution in [0.5, 0.6) is 0 Å². The molecule has 1 fully saturated rings. The van der Waals surface area contributed by atoms with Crippen molar-refractivity contribution in [1.29, 1.82) is 0 Å². The summed E-state index contributed by atoms with van der Waals surface area (Å²) in [6.07, 6.45) is 6.04. The van der Waals surface area contributed by atoms with Crippen LogP contribution < -0.4 is 0 Å². The summed E-state index contributed by atoms with van der Waals surface area (Å²) < 4.78 is 62.2. The smallest absolute Gasteiger partial charge is 0.200 e. The quantitative estimate of drug-likeness (QED) is 0.230. The van der Waals surface area contributed by atoms with Gasteiger partial charge in [0.15, 0.2) is 17.5 Å². The van der Waals surface area contributed by atoms with Crippen LogP contribution in [-0.2, 0) is 4.74 Å². The van der Waals surface area contributed by atoms with Gasteiger partial charge < -0.3 is 4.74 Å². The Morgan fingerprint density at radius 3 is 2.15 bits per heavy atom. The molecule has 2 aromatic rings. The Balaban J connectivity index is 1.66. The minimum Gasteiger partial charge on any atom is -0.494 e. The molecule has 0 amide bonds.